The number of nitrogens with one attached hydrogen (secondary N) is 1. The number of anilines is 1. The summed E-state index contributed by atoms with van der Waals surface area (Å²) in [5.41, 5.74) is 1.43. The first kappa shape index (κ1) is 18.4. The van der Waals surface area contributed by atoms with Gasteiger partial charge in [0.05, 0.1) is 17.9 Å². The lowest BCUT2D eigenvalue weighted by Crippen LogP contribution is -2.34. The molecule has 1 fully saturated rings. The van der Waals surface area contributed by atoms with Crippen molar-refractivity contribution in [2.75, 3.05) is 24.5 Å². The highest BCUT2D eigenvalue weighted by atomic mass is 32.1. The number of carbonyl (C=O) groups excluding carboxylic acids is 2. The summed E-state index contributed by atoms with van der Waals surface area (Å²) >= 11 is 1.26. The van der Waals surface area contributed by atoms with E-state index < -0.39 is 0 Å². The minimum atomic E-state index is -0.192. The van der Waals surface area contributed by atoms with Crippen molar-refractivity contribution in [1.29, 1.82) is 0 Å². The predicted molar refractivity (Wildman–Crippen MR) is 100 cm³/mol. The van der Waals surface area contributed by atoms with Gasteiger partial charge in [-0.05, 0) is 18.9 Å². The topological polar surface area (TPSA) is 83.4 Å². The van der Waals surface area contributed by atoms with E-state index in [1.807, 2.05) is 24.2 Å². The van der Waals surface area contributed by atoms with Gasteiger partial charge in [0.1, 0.15) is 4.88 Å². The van der Waals surface area contributed by atoms with E-state index in [2.05, 4.69) is 29.2 Å². The monoisotopic (exact) mass is 376 g/mol. The second-order valence-electron chi connectivity index (χ2n) is 6.85. The van der Waals surface area contributed by atoms with Gasteiger partial charge in [-0.15, -0.1) is 0 Å². The molecule has 1 aliphatic heterocycles. The molecule has 1 saturated heterocycles. The fraction of sp³-hybridized carbons (Fsp3) is 0.529. The van der Waals surface area contributed by atoms with Crippen LogP contribution in [0.25, 0.3) is 0 Å². The Morgan fingerprint density at radius 1 is 1.38 bits per heavy atom. The lowest BCUT2D eigenvalue weighted by atomic mass is 10.2. The number of thiazole rings is 1. The number of amides is 3. The third-order valence-corrected chi connectivity index (χ3v) is 5.28. The number of hydrogen-bond acceptors (Lipinski definition) is 5. The first-order valence-electron chi connectivity index (χ1n) is 8.65. The summed E-state index contributed by atoms with van der Waals surface area (Å²) in [6.45, 7) is 8.36. The molecule has 1 aliphatic rings. The summed E-state index contributed by atoms with van der Waals surface area (Å²) in [5, 5.41) is 7.69. The quantitative estimate of drug-likeness (QED) is 0.836. The highest BCUT2D eigenvalue weighted by molar-refractivity contribution is 7.17. The van der Waals surface area contributed by atoms with E-state index in [0.29, 0.717) is 41.3 Å². The van der Waals surface area contributed by atoms with Crippen LogP contribution >= 0.6 is 11.3 Å². The molecule has 1 N–H and O–H groups in total. The van der Waals surface area contributed by atoms with Crippen LogP contribution in [0.5, 0.6) is 0 Å². The van der Waals surface area contributed by atoms with Gasteiger partial charge in [0.25, 0.3) is 5.91 Å². The molecule has 0 radical (unpaired) electrons. The molecule has 26 heavy (non-hydrogen) atoms. The minimum absolute atomic E-state index is 0.0344. The van der Waals surface area contributed by atoms with E-state index in [-0.39, 0.29) is 11.9 Å². The van der Waals surface area contributed by atoms with Gasteiger partial charge < -0.3 is 10.2 Å². The number of aromatic nitrogens is 3. The van der Waals surface area contributed by atoms with Crippen molar-refractivity contribution >= 4 is 28.4 Å². The van der Waals surface area contributed by atoms with E-state index in [4.69, 9.17) is 0 Å². The largest absolute Gasteiger partial charge is 0.346 e. The highest BCUT2D eigenvalue weighted by Crippen LogP contribution is 2.29. The summed E-state index contributed by atoms with van der Waals surface area (Å²) in [6.07, 6.45) is 1.83. The lowest BCUT2D eigenvalue weighted by molar-refractivity contribution is 0.0953. The normalized spacial score (nSPS) is 14.6. The SMILES string of the molecule is Cc1nc(N2CCN(CC(C)C)C2=O)sc1C(=O)NCc1ccn(C)n1. The number of urea groups is 1. The van der Waals surface area contributed by atoms with Crippen molar-refractivity contribution in [3.8, 4) is 0 Å². The minimum Gasteiger partial charge on any atom is -0.346 e. The van der Waals surface area contributed by atoms with Crippen LogP contribution in [0.2, 0.25) is 0 Å². The molecule has 0 unspecified atom stereocenters. The van der Waals surface area contributed by atoms with Crippen LogP contribution in [0.1, 0.15) is 34.9 Å². The molecule has 0 aromatic carbocycles. The zero-order valence-electron chi connectivity index (χ0n) is 15.5. The summed E-state index contributed by atoms with van der Waals surface area (Å²) in [5.74, 6) is 0.229. The summed E-state index contributed by atoms with van der Waals surface area (Å²) in [4.78, 5) is 33.5. The first-order chi connectivity index (χ1) is 12.3. The molecule has 3 amide bonds. The number of carbonyl (C=O) groups is 2. The van der Waals surface area contributed by atoms with Crippen LogP contribution < -0.4 is 10.2 Å². The first-order valence-corrected chi connectivity index (χ1v) is 9.47. The van der Waals surface area contributed by atoms with Crippen molar-refractivity contribution < 1.29 is 9.59 Å². The molecule has 140 valence electrons. The van der Waals surface area contributed by atoms with E-state index >= 15 is 0 Å². The average molecular weight is 376 g/mol. The molecule has 0 saturated carbocycles. The third-order valence-electron chi connectivity index (χ3n) is 4.10. The van der Waals surface area contributed by atoms with Crippen molar-refractivity contribution in [3.05, 3.63) is 28.5 Å². The number of hydrogen-bond donors (Lipinski definition) is 1. The molecule has 3 heterocycles. The molecular weight excluding hydrogens is 352 g/mol. The maximum atomic E-state index is 12.6. The number of aryl methyl sites for hydroxylation is 2. The second-order valence-corrected chi connectivity index (χ2v) is 7.83. The molecule has 9 heteroatoms. The van der Waals surface area contributed by atoms with Gasteiger partial charge in [0, 0.05) is 32.9 Å². The Bertz CT molecular complexity index is 812. The van der Waals surface area contributed by atoms with Crippen molar-refractivity contribution in [1.82, 2.24) is 25.0 Å². The Kier molecular flexibility index (Phi) is 5.26. The van der Waals surface area contributed by atoms with Crippen LogP contribution in [0.15, 0.2) is 12.3 Å². The Hall–Kier alpha value is -2.42. The molecule has 2 aromatic heterocycles. The van der Waals surface area contributed by atoms with Gasteiger partial charge in [-0.1, -0.05) is 25.2 Å². The third kappa shape index (κ3) is 3.87. The fourth-order valence-corrected chi connectivity index (χ4v) is 3.89. The lowest BCUT2D eigenvalue weighted by Gasteiger charge is -2.18. The molecule has 0 spiro atoms. The standard InChI is InChI=1S/C17H24N6O2S/c1-11(2)10-22-7-8-23(17(22)25)16-19-12(3)14(26-16)15(24)18-9-13-5-6-21(4)20-13/h5-6,11H,7-10H2,1-4H3,(H,18,24). The molecule has 3 rings (SSSR count). The van der Waals surface area contributed by atoms with E-state index in [1.165, 1.54) is 11.3 Å². The molecule has 8 nitrogen and oxygen atoms in total. The Balaban J connectivity index is 1.67. The van der Waals surface area contributed by atoms with Crippen LogP contribution in [0, 0.1) is 12.8 Å². The second kappa shape index (κ2) is 7.45. The van der Waals surface area contributed by atoms with Crippen LogP contribution in [0.4, 0.5) is 9.93 Å². The predicted octanol–water partition coefficient (Wildman–Crippen LogP) is 2.01. The molecular formula is C17H24N6O2S. The van der Waals surface area contributed by atoms with E-state index in [0.717, 1.165) is 12.2 Å². The van der Waals surface area contributed by atoms with Gasteiger partial charge in [-0.25, -0.2) is 9.78 Å². The number of nitrogens with zero attached hydrogens (tertiary/aromatic N) is 5. The van der Waals surface area contributed by atoms with E-state index in [9.17, 15) is 9.59 Å². The summed E-state index contributed by atoms with van der Waals surface area (Å²) in [6, 6.07) is 1.82. The van der Waals surface area contributed by atoms with Crippen LogP contribution in [-0.4, -0.2) is 51.2 Å². The summed E-state index contributed by atoms with van der Waals surface area (Å²) in [7, 11) is 1.83. The Morgan fingerprint density at radius 3 is 2.81 bits per heavy atom. The maximum absolute atomic E-state index is 12.6. The van der Waals surface area contributed by atoms with E-state index in [1.54, 1.807) is 16.5 Å². The zero-order chi connectivity index (χ0) is 18.8. The van der Waals surface area contributed by atoms with Crippen molar-refractivity contribution in [2.45, 2.75) is 27.3 Å². The summed E-state index contributed by atoms with van der Waals surface area (Å²) < 4.78 is 1.69. The van der Waals surface area contributed by atoms with Crippen LogP contribution in [-0.2, 0) is 13.6 Å². The van der Waals surface area contributed by atoms with Gasteiger partial charge in [0.15, 0.2) is 5.13 Å². The Morgan fingerprint density at radius 2 is 2.15 bits per heavy atom. The molecule has 0 aliphatic carbocycles. The molecule has 2 aromatic rings. The molecule has 0 bridgehead atoms. The van der Waals surface area contributed by atoms with Gasteiger partial charge in [-0.3, -0.25) is 14.4 Å². The highest BCUT2D eigenvalue weighted by Gasteiger charge is 2.32. The van der Waals surface area contributed by atoms with Gasteiger partial charge >= 0.3 is 6.03 Å². The molecule has 0 atom stereocenters. The van der Waals surface area contributed by atoms with Crippen molar-refractivity contribution in [3.63, 3.8) is 0 Å². The van der Waals surface area contributed by atoms with Crippen LogP contribution in [0.3, 0.4) is 0 Å². The Labute approximate surface area is 156 Å². The fourth-order valence-electron chi connectivity index (χ4n) is 2.89. The smallest absolute Gasteiger partial charge is 0.326 e. The number of rotatable bonds is 6. The zero-order valence-corrected chi connectivity index (χ0v) is 16.3. The average Bonchev–Trinajstić information content (AvgIpc) is 3.25. The maximum Gasteiger partial charge on any atom is 0.326 e. The van der Waals surface area contributed by atoms with Gasteiger partial charge in [0.2, 0.25) is 0 Å². The van der Waals surface area contributed by atoms with Crippen molar-refractivity contribution in [2.24, 2.45) is 13.0 Å². The van der Waals surface area contributed by atoms with Gasteiger partial charge in [-0.2, -0.15) is 5.10 Å².